The smallest absolute Gasteiger partial charge is 0.0613 e. The summed E-state index contributed by atoms with van der Waals surface area (Å²) >= 11 is 1.72. The molecule has 0 saturated heterocycles. The summed E-state index contributed by atoms with van der Waals surface area (Å²) in [6.07, 6.45) is 2.50. The summed E-state index contributed by atoms with van der Waals surface area (Å²) in [6.45, 7) is 4.53. The molecule has 2 unspecified atom stereocenters. The molecule has 0 radical (unpaired) electrons. The molecule has 2 N–H and O–H groups in total. The molecule has 1 aromatic rings. The van der Waals surface area contributed by atoms with Gasteiger partial charge in [-0.05, 0) is 55.0 Å². The van der Waals surface area contributed by atoms with E-state index < -0.39 is 0 Å². The highest BCUT2D eigenvalue weighted by Crippen LogP contribution is 2.40. The van der Waals surface area contributed by atoms with Gasteiger partial charge in [-0.2, -0.15) is 11.3 Å². The minimum absolute atomic E-state index is 0.0959. The molecule has 3 heteroatoms. The monoisotopic (exact) mass is 225 g/mol. The van der Waals surface area contributed by atoms with Crippen LogP contribution in [0.3, 0.4) is 0 Å². The molecule has 2 atom stereocenters. The third kappa shape index (κ3) is 2.41. The molecule has 2 rings (SSSR count). The molecule has 0 spiro atoms. The van der Waals surface area contributed by atoms with Crippen molar-refractivity contribution < 1.29 is 5.11 Å². The van der Waals surface area contributed by atoms with E-state index in [1.165, 1.54) is 18.4 Å². The van der Waals surface area contributed by atoms with Crippen molar-refractivity contribution in [1.82, 2.24) is 5.32 Å². The van der Waals surface area contributed by atoms with Crippen molar-refractivity contribution in [3.05, 3.63) is 22.4 Å². The first-order valence-electron chi connectivity index (χ1n) is 5.56. The van der Waals surface area contributed by atoms with Gasteiger partial charge in [-0.3, -0.25) is 0 Å². The number of rotatable bonds is 5. The summed E-state index contributed by atoms with van der Waals surface area (Å²) in [5, 5.41) is 17.3. The predicted octanol–water partition coefficient (Wildman–Crippen LogP) is 2.56. The second-order valence-corrected chi connectivity index (χ2v) is 5.55. The summed E-state index contributed by atoms with van der Waals surface area (Å²) < 4.78 is 0. The maximum atomic E-state index is 9.48. The lowest BCUT2D eigenvalue weighted by Gasteiger charge is -2.32. The average Bonchev–Trinajstić information content (AvgIpc) is 2.94. The fraction of sp³-hybridized carbons (Fsp3) is 0.667. The van der Waals surface area contributed by atoms with Crippen LogP contribution in [0.1, 0.15) is 38.3 Å². The highest BCUT2D eigenvalue weighted by molar-refractivity contribution is 7.07. The normalized spacial score (nSPS) is 22.3. The first kappa shape index (κ1) is 11.1. The molecule has 1 aromatic heterocycles. The molecular formula is C12H19NOS. The fourth-order valence-electron chi connectivity index (χ4n) is 2.11. The van der Waals surface area contributed by atoms with Gasteiger partial charge in [0.25, 0.3) is 0 Å². The molecular weight excluding hydrogens is 206 g/mol. The Morgan fingerprint density at radius 3 is 2.87 bits per heavy atom. The second kappa shape index (κ2) is 4.24. The Labute approximate surface area is 95.3 Å². The van der Waals surface area contributed by atoms with Crippen LogP contribution in [-0.4, -0.2) is 17.3 Å². The first-order chi connectivity index (χ1) is 7.15. The second-order valence-electron chi connectivity index (χ2n) is 4.77. The first-order valence-corrected chi connectivity index (χ1v) is 6.50. The summed E-state index contributed by atoms with van der Waals surface area (Å²) in [5.41, 5.74) is 1.22. The van der Waals surface area contributed by atoms with Crippen LogP contribution in [0.15, 0.2) is 16.8 Å². The topological polar surface area (TPSA) is 32.3 Å². The van der Waals surface area contributed by atoms with Crippen LogP contribution >= 0.6 is 11.3 Å². The quantitative estimate of drug-likeness (QED) is 0.807. The predicted molar refractivity (Wildman–Crippen MR) is 64.1 cm³/mol. The van der Waals surface area contributed by atoms with Gasteiger partial charge in [0.15, 0.2) is 0 Å². The van der Waals surface area contributed by atoms with Gasteiger partial charge in [0.2, 0.25) is 0 Å². The Balaban J connectivity index is 2.00. The van der Waals surface area contributed by atoms with Crippen LogP contribution < -0.4 is 5.32 Å². The SMILES string of the molecule is CC(NC(C)(CO)C1CC1)c1ccsc1. The van der Waals surface area contributed by atoms with Crippen LogP contribution in [0.2, 0.25) is 0 Å². The van der Waals surface area contributed by atoms with Gasteiger partial charge < -0.3 is 10.4 Å². The summed E-state index contributed by atoms with van der Waals surface area (Å²) in [7, 11) is 0. The summed E-state index contributed by atoms with van der Waals surface area (Å²) in [6, 6.07) is 2.47. The molecule has 0 aromatic carbocycles. The van der Waals surface area contributed by atoms with E-state index in [2.05, 4.69) is 36.0 Å². The van der Waals surface area contributed by atoms with Gasteiger partial charge in [-0.1, -0.05) is 0 Å². The zero-order valence-electron chi connectivity index (χ0n) is 9.36. The number of aliphatic hydroxyl groups is 1. The lowest BCUT2D eigenvalue weighted by Crippen LogP contribution is -2.48. The third-order valence-corrected chi connectivity index (χ3v) is 4.10. The van der Waals surface area contributed by atoms with E-state index in [0.29, 0.717) is 12.0 Å². The molecule has 1 heterocycles. The molecule has 1 aliphatic rings. The van der Waals surface area contributed by atoms with Crippen LogP contribution in [0, 0.1) is 5.92 Å². The number of hydrogen-bond donors (Lipinski definition) is 2. The van der Waals surface area contributed by atoms with Crippen LogP contribution in [0.5, 0.6) is 0 Å². The zero-order chi connectivity index (χ0) is 10.9. The number of aliphatic hydroxyl groups excluding tert-OH is 1. The van der Waals surface area contributed by atoms with E-state index in [4.69, 9.17) is 0 Å². The molecule has 0 bridgehead atoms. The van der Waals surface area contributed by atoms with Gasteiger partial charge in [0.1, 0.15) is 0 Å². The maximum Gasteiger partial charge on any atom is 0.0613 e. The van der Waals surface area contributed by atoms with E-state index in [-0.39, 0.29) is 12.1 Å². The lowest BCUT2D eigenvalue weighted by molar-refractivity contribution is 0.144. The van der Waals surface area contributed by atoms with Gasteiger partial charge in [-0.25, -0.2) is 0 Å². The molecule has 2 nitrogen and oxygen atoms in total. The van der Waals surface area contributed by atoms with Crippen LogP contribution in [0.25, 0.3) is 0 Å². The fourth-order valence-corrected chi connectivity index (χ4v) is 2.87. The number of thiophene rings is 1. The molecule has 15 heavy (non-hydrogen) atoms. The largest absolute Gasteiger partial charge is 0.394 e. The van der Waals surface area contributed by atoms with E-state index in [1.807, 2.05) is 0 Å². The Morgan fingerprint density at radius 1 is 1.67 bits per heavy atom. The van der Waals surface area contributed by atoms with Gasteiger partial charge in [0, 0.05) is 11.6 Å². The van der Waals surface area contributed by atoms with Gasteiger partial charge >= 0.3 is 0 Å². The minimum Gasteiger partial charge on any atom is -0.394 e. The summed E-state index contributed by atoms with van der Waals surface area (Å²) in [5.74, 6) is 0.656. The maximum absolute atomic E-state index is 9.48. The molecule has 1 saturated carbocycles. The van der Waals surface area contributed by atoms with Crippen LogP contribution in [-0.2, 0) is 0 Å². The molecule has 0 amide bonds. The van der Waals surface area contributed by atoms with E-state index in [9.17, 15) is 5.11 Å². The van der Waals surface area contributed by atoms with E-state index in [1.54, 1.807) is 11.3 Å². The van der Waals surface area contributed by atoms with E-state index >= 15 is 0 Å². The molecule has 1 aliphatic carbocycles. The van der Waals surface area contributed by atoms with E-state index in [0.717, 1.165) is 0 Å². The van der Waals surface area contributed by atoms with Crippen molar-refractivity contribution in [3.63, 3.8) is 0 Å². The van der Waals surface area contributed by atoms with Crippen molar-refractivity contribution in [2.24, 2.45) is 5.92 Å². The minimum atomic E-state index is -0.0959. The van der Waals surface area contributed by atoms with Crippen molar-refractivity contribution in [2.75, 3.05) is 6.61 Å². The molecule has 84 valence electrons. The van der Waals surface area contributed by atoms with Crippen molar-refractivity contribution in [3.8, 4) is 0 Å². The summed E-state index contributed by atoms with van der Waals surface area (Å²) in [4.78, 5) is 0. The number of hydrogen-bond acceptors (Lipinski definition) is 3. The van der Waals surface area contributed by atoms with Gasteiger partial charge in [-0.15, -0.1) is 0 Å². The standard InChI is InChI=1S/C12H19NOS/c1-9(10-5-6-15-7-10)13-12(2,8-14)11-3-4-11/h5-7,9,11,13-14H,3-4,8H2,1-2H3. The zero-order valence-corrected chi connectivity index (χ0v) is 10.2. The molecule has 1 fully saturated rings. The van der Waals surface area contributed by atoms with Crippen molar-refractivity contribution in [2.45, 2.75) is 38.3 Å². The Bertz CT molecular complexity index is 307. The Hall–Kier alpha value is -0.380. The molecule has 0 aliphatic heterocycles. The Morgan fingerprint density at radius 2 is 2.40 bits per heavy atom. The van der Waals surface area contributed by atoms with Crippen LogP contribution in [0.4, 0.5) is 0 Å². The van der Waals surface area contributed by atoms with Crippen molar-refractivity contribution in [1.29, 1.82) is 0 Å². The lowest BCUT2D eigenvalue weighted by atomic mass is 9.95. The highest BCUT2D eigenvalue weighted by atomic mass is 32.1. The van der Waals surface area contributed by atoms with Gasteiger partial charge in [0.05, 0.1) is 6.61 Å². The highest BCUT2D eigenvalue weighted by Gasteiger charge is 2.41. The third-order valence-electron chi connectivity index (χ3n) is 3.40. The average molecular weight is 225 g/mol. The Kier molecular flexibility index (Phi) is 3.14. The number of nitrogens with one attached hydrogen (secondary N) is 1. The van der Waals surface area contributed by atoms with Crippen molar-refractivity contribution >= 4 is 11.3 Å².